The van der Waals surface area contributed by atoms with Crippen LogP contribution in [-0.2, 0) is 23.2 Å². The molecule has 4 atom stereocenters. The molecular weight excluding hydrogens is 504 g/mol. The van der Waals surface area contributed by atoms with Crippen molar-refractivity contribution in [1.29, 1.82) is 5.26 Å². The van der Waals surface area contributed by atoms with Crippen LogP contribution in [0.3, 0.4) is 0 Å². The summed E-state index contributed by atoms with van der Waals surface area (Å²) in [4.78, 5) is 28.6. The molecule has 1 spiro atoms. The number of aromatic nitrogens is 2. The molecular formula is C31H38N6O3. The summed E-state index contributed by atoms with van der Waals surface area (Å²) in [6.45, 7) is 9.11. The summed E-state index contributed by atoms with van der Waals surface area (Å²) in [6, 6.07) is 11.3. The second-order valence-corrected chi connectivity index (χ2v) is 11.7. The van der Waals surface area contributed by atoms with Crippen LogP contribution in [0.15, 0.2) is 36.9 Å². The van der Waals surface area contributed by atoms with Crippen molar-refractivity contribution < 1.29 is 14.3 Å². The maximum absolute atomic E-state index is 12.5. The second kappa shape index (κ2) is 10.7. The lowest BCUT2D eigenvalue weighted by atomic mass is 9.81. The van der Waals surface area contributed by atoms with Gasteiger partial charge >= 0.3 is 6.01 Å². The lowest BCUT2D eigenvalue weighted by molar-refractivity contribution is -0.128. The number of fused-ring (bicyclic) bond motifs is 3. The van der Waals surface area contributed by atoms with Crippen LogP contribution in [0.1, 0.15) is 49.3 Å². The molecule has 9 heteroatoms. The fourth-order valence-corrected chi connectivity index (χ4v) is 7.10. The molecule has 2 unspecified atom stereocenters. The van der Waals surface area contributed by atoms with Gasteiger partial charge in [-0.2, -0.15) is 15.2 Å². The average molecular weight is 543 g/mol. The van der Waals surface area contributed by atoms with Crippen LogP contribution >= 0.6 is 0 Å². The molecule has 1 aliphatic carbocycles. The molecule has 0 bridgehead atoms. The molecule has 6 rings (SSSR count). The predicted molar refractivity (Wildman–Crippen MR) is 151 cm³/mol. The van der Waals surface area contributed by atoms with Crippen LogP contribution in [-0.4, -0.2) is 77.6 Å². The van der Waals surface area contributed by atoms with E-state index in [-0.39, 0.29) is 18.4 Å². The molecule has 2 saturated heterocycles. The number of carbonyl (C=O) groups excluding carboxylic acids is 1. The van der Waals surface area contributed by atoms with Gasteiger partial charge in [0.05, 0.1) is 24.1 Å². The quantitative estimate of drug-likeness (QED) is 0.512. The minimum atomic E-state index is -0.420. The van der Waals surface area contributed by atoms with Crippen molar-refractivity contribution in [2.45, 2.75) is 63.1 Å². The van der Waals surface area contributed by atoms with E-state index in [1.807, 2.05) is 0 Å². The maximum atomic E-state index is 12.5. The number of carbonyl (C=O) groups is 1. The first-order chi connectivity index (χ1) is 19.4. The number of benzene rings is 1. The zero-order chi connectivity index (χ0) is 27.9. The standard InChI is InChI=1S/C31H38N6O3/c1-4-27(38)37-17-16-36(19-23(37)12-14-32)28-25-11-13-31(21(2)18-22-8-5-6-10-26(22)31)40-29(25)34-30(33-28)39-20-24-9-7-15-35(24)3/h4-6,8,10,21,23-24H,1,7,9,11-13,15-20H2,2-3H3/t21?,23-,24-,31?/m0/s1. The van der Waals surface area contributed by atoms with Crippen molar-refractivity contribution in [3.05, 3.63) is 53.6 Å². The normalized spacial score (nSPS) is 27.6. The topological polar surface area (TPSA) is 94.8 Å². The zero-order valence-electron chi connectivity index (χ0n) is 23.5. The van der Waals surface area contributed by atoms with Gasteiger partial charge in [-0.15, -0.1) is 0 Å². The summed E-state index contributed by atoms with van der Waals surface area (Å²) in [5.41, 5.74) is 3.16. The Kier molecular flexibility index (Phi) is 7.13. The highest BCUT2D eigenvalue weighted by molar-refractivity contribution is 5.87. The molecule has 3 aliphatic heterocycles. The fraction of sp³-hybridized carbons (Fsp3) is 0.548. The van der Waals surface area contributed by atoms with Gasteiger partial charge < -0.3 is 24.2 Å². The van der Waals surface area contributed by atoms with Crippen molar-refractivity contribution >= 4 is 11.7 Å². The van der Waals surface area contributed by atoms with E-state index < -0.39 is 5.60 Å². The average Bonchev–Trinajstić information content (AvgIpc) is 3.50. The summed E-state index contributed by atoms with van der Waals surface area (Å²) >= 11 is 0. The van der Waals surface area contributed by atoms with Crippen LogP contribution < -0.4 is 14.4 Å². The third-order valence-corrected chi connectivity index (χ3v) is 9.39. The molecule has 40 heavy (non-hydrogen) atoms. The van der Waals surface area contributed by atoms with Gasteiger partial charge in [0.2, 0.25) is 11.8 Å². The molecule has 0 saturated carbocycles. The highest BCUT2D eigenvalue weighted by atomic mass is 16.5. The Balaban J connectivity index is 1.35. The SMILES string of the molecule is C=CC(=O)N1CCN(c2nc(OC[C@@H]3CCCN3C)nc3c2CCC2(O3)c3ccccc3CC2C)C[C@@H]1CC#N. The Labute approximate surface area is 236 Å². The van der Waals surface area contributed by atoms with E-state index in [0.717, 1.165) is 50.0 Å². The molecule has 1 amide bonds. The largest absolute Gasteiger partial charge is 0.465 e. The number of nitriles is 1. The van der Waals surface area contributed by atoms with Crippen molar-refractivity contribution in [2.24, 2.45) is 5.92 Å². The number of piperazine rings is 1. The number of hydrogen-bond donors (Lipinski definition) is 0. The lowest BCUT2D eigenvalue weighted by Gasteiger charge is -2.43. The van der Waals surface area contributed by atoms with E-state index in [9.17, 15) is 10.1 Å². The number of rotatable bonds is 6. The minimum Gasteiger partial charge on any atom is -0.465 e. The second-order valence-electron chi connectivity index (χ2n) is 11.7. The Morgan fingerprint density at radius 1 is 1.27 bits per heavy atom. The summed E-state index contributed by atoms with van der Waals surface area (Å²) in [5, 5.41) is 9.50. The first-order valence-corrected chi connectivity index (χ1v) is 14.5. The van der Waals surface area contributed by atoms with Crippen LogP contribution in [0.4, 0.5) is 5.82 Å². The van der Waals surface area contributed by atoms with Crippen LogP contribution in [0.2, 0.25) is 0 Å². The molecule has 0 N–H and O–H groups in total. The van der Waals surface area contributed by atoms with E-state index in [2.05, 4.69) is 60.7 Å². The molecule has 4 aliphatic rings. The zero-order valence-corrected chi connectivity index (χ0v) is 23.5. The summed E-state index contributed by atoms with van der Waals surface area (Å²) in [6.07, 6.45) is 6.44. The number of amides is 1. The van der Waals surface area contributed by atoms with Crippen LogP contribution in [0.25, 0.3) is 0 Å². The highest BCUT2D eigenvalue weighted by Crippen LogP contribution is 2.51. The maximum Gasteiger partial charge on any atom is 0.321 e. The molecule has 0 radical (unpaired) electrons. The third-order valence-electron chi connectivity index (χ3n) is 9.39. The predicted octanol–water partition coefficient (Wildman–Crippen LogP) is 3.48. The summed E-state index contributed by atoms with van der Waals surface area (Å²) < 4.78 is 13.2. The number of hydrogen-bond acceptors (Lipinski definition) is 8. The molecule has 9 nitrogen and oxygen atoms in total. The molecule has 210 valence electrons. The van der Waals surface area contributed by atoms with Crippen LogP contribution in [0, 0.1) is 17.2 Å². The Morgan fingerprint density at radius 2 is 2.12 bits per heavy atom. The molecule has 4 heterocycles. The first-order valence-electron chi connectivity index (χ1n) is 14.5. The Morgan fingerprint density at radius 3 is 2.90 bits per heavy atom. The smallest absolute Gasteiger partial charge is 0.321 e. The molecule has 2 aromatic rings. The molecule has 1 aromatic heterocycles. The van der Waals surface area contributed by atoms with Gasteiger partial charge in [-0.25, -0.2) is 0 Å². The van der Waals surface area contributed by atoms with Gasteiger partial charge in [0, 0.05) is 31.6 Å². The molecule has 2 fully saturated rings. The fourth-order valence-electron chi connectivity index (χ4n) is 7.10. The van der Waals surface area contributed by atoms with Crippen molar-refractivity contribution in [1.82, 2.24) is 19.8 Å². The van der Waals surface area contributed by atoms with Crippen molar-refractivity contribution in [3.63, 3.8) is 0 Å². The van der Waals surface area contributed by atoms with Gasteiger partial charge in [-0.3, -0.25) is 4.79 Å². The van der Waals surface area contributed by atoms with E-state index in [0.29, 0.717) is 50.1 Å². The van der Waals surface area contributed by atoms with Gasteiger partial charge in [0.1, 0.15) is 18.0 Å². The number of likely N-dealkylation sites (N-methyl/N-ethyl adjacent to an activating group) is 1. The van der Waals surface area contributed by atoms with E-state index in [1.165, 1.54) is 17.2 Å². The van der Waals surface area contributed by atoms with Gasteiger partial charge in [-0.05, 0) is 62.9 Å². The number of ether oxygens (including phenoxy) is 2. The number of nitrogens with zero attached hydrogens (tertiary/aromatic N) is 6. The van der Waals surface area contributed by atoms with E-state index in [1.54, 1.807) is 4.90 Å². The Bertz CT molecular complexity index is 1340. The summed E-state index contributed by atoms with van der Waals surface area (Å²) in [7, 11) is 2.13. The monoisotopic (exact) mass is 542 g/mol. The van der Waals surface area contributed by atoms with Gasteiger partial charge in [0.25, 0.3) is 0 Å². The van der Waals surface area contributed by atoms with Gasteiger partial charge in [-0.1, -0.05) is 37.8 Å². The third kappa shape index (κ3) is 4.58. The van der Waals surface area contributed by atoms with Crippen molar-refractivity contribution in [3.8, 4) is 18.0 Å². The first kappa shape index (κ1) is 26.6. The van der Waals surface area contributed by atoms with Crippen molar-refractivity contribution in [2.75, 3.05) is 44.7 Å². The molecule has 1 aromatic carbocycles. The number of likely N-dealkylation sites (tertiary alicyclic amines) is 1. The highest BCUT2D eigenvalue weighted by Gasteiger charge is 2.50. The van der Waals surface area contributed by atoms with E-state index >= 15 is 0 Å². The summed E-state index contributed by atoms with van der Waals surface area (Å²) in [5.74, 6) is 1.56. The minimum absolute atomic E-state index is 0.145. The van der Waals surface area contributed by atoms with Gasteiger partial charge in [0.15, 0.2) is 0 Å². The Hall–Kier alpha value is -3.64. The number of anilines is 1. The van der Waals surface area contributed by atoms with Crippen LogP contribution in [0.5, 0.6) is 11.9 Å². The van der Waals surface area contributed by atoms with E-state index in [4.69, 9.17) is 19.4 Å². The lowest BCUT2D eigenvalue weighted by Crippen LogP contribution is -2.55.